The fraction of sp³-hybridized carbons (Fsp3) is 0. The molecule has 0 atom stereocenters. The van der Waals surface area contributed by atoms with Crippen LogP contribution in [0, 0.1) is 20.2 Å². The van der Waals surface area contributed by atoms with Gasteiger partial charge < -0.3 is 10.2 Å². The van der Waals surface area contributed by atoms with Crippen molar-refractivity contribution in [2.75, 3.05) is 0 Å². The summed E-state index contributed by atoms with van der Waals surface area (Å²) in [4.78, 5) is 19.9. The SMILES string of the molecule is O=[N+]([O-])c1ccc(O)c(-n2cnnn2)c1.O=[N+]([O-])c1ccc(O)c(-n2cnnn2)c1. The number of phenols is 2. The zero-order valence-electron chi connectivity index (χ0n) is 14.6. The summed E-state index contributed by atoms with van der Waals surface area (Å²) < 4.78 is 2.28. The zero-order chi connectivity index (χ0) is 21.7. The lowest BCUT2D eigenvalue weighted by atomic mass is 10.2. The first kappa shape index (κ1) is 19.7. The second kappa shape index (κ2) is 8.33. The summed E-state index contributed by atoms with van der Waals surface area (Å²) in [5.41, 5.74) is 0.0417. The van der Waals surface area contributed by atoms with Gasteiger partial charge >= 0.3 is 0 Å². The number of nitro benzene ring substituents is 2. The Morgan fingerprint density at radius 3 is 1.43 bits per heavy atom. The normalized spacial score (nSPS) is 10.1. The molecule has 0 radical (unpaired) electrons. The summed E-state index contributed by atoms with van der Waals surface area (Å²) in [6, 6.07) is 7.20. The smallest absolute Gasteiger partial charge is 0.271 e. The third-order valence-corrected chi connectivity index (χ3v) is 3.53. The average Bonchev–Trinajstić information content (AvgIpc) is 3.43. The van der Waals surface area contributed by atoms with Crippen LogP contribution < -0.4 is 0 Å². The van der Waals surface area contributed by atoms with Gasteiger partial charge in [-0.2, -0.15) is 9.36 Å². The molecule has 2 aromatic heterocycles. The molecule has 0 bridgehead atoms. The van der Waals surface area contributed by atoms with E-state index >= 15 is 0 Å². The molecule has 152 valence electrons. The van der Waals surface area contributed by atoms with E-state index < -0.39 is 9.85 Å². The monoisotopic (exact) mass is 414 g/mol. The topological polar surface area (TPSA) is 214 Å². The third-order valence-electron chi connectivity index (χ3n) is 3.53. The largest absolute Gasteiger partial charge is 0.506 e. The lowest BCUT2D eigenvalue weighted by Gasteiger charge is -2.01. The van der Waals surface area contributed by atoms with E-state index in [1.165, 1.54) is 49.1 Å². The standard InChI is InChI=1S/2C7H5N5O3/c2*13-7-2-1-5(12(14)15)3-6(7)11-4-8-9-10-11/h2*1-4,13H. The summed E-state index contributed by atoms with van der Waals surface area (Å²) in [6.07, 6.45) is 2.47. The van der Waals surface area contributed by atoms with Crippen LogP contribution in [0.4, 0.5) is 11.4 Å². The van der Waals surface area contributed by atoms with Crippen molar-refractivity contribution < 1.29 is 20.1 Å². The summed E-state index contributed by atoms with van der Waals surface area (Å²) in [5, 5.41) is 60.4. The van der Waals surface area contributed by atoms with Crippen LogP contribution in [0.2, 0.25) is 0 Å². The molecule has 16 heteroatoms. The molecule has 0 aliphatic heterocycles. The van der Waals surface area contributed by atoms with Gasteiger partial charge in [-0.1, -0.05) is 0 Å². The van der Waals surface area contributed by atoms with Gasteiger partial charge in [-0.15, -0.1) is 10.2 Å². The number of non-ortho nitro benzene ring substituents is 2. The predicted octanol–water partition coefficient (Wildman–Crippen LogP) is 0.552. The summed E-state index contributed by atoms with van der Waals surface area (Å²) in [6.45, 7) is 0. The molecule has 16 nitrogen and oxygen atoms in total. The van der Waals surface area contributed by atoms with Crippen molar-refractivity contribution >= 4 is 11.4 Å². The van der Waals surface area contributed by atoms with Crippen molar-refractivity contribution in [3.05, 3.63) is 69.3 Å². The number of hydrogen-bond donors (Lipinski definition) is 2. The Morgan fingerprint density at radius 1 is 0.733 bits per heavy atom. The predicted molar refractivity (Wildman–Crippen MR) is 94.9 cm³/mol. The van der Waals surface area contributed by atoms with Gasteiger partial charge in [0.1, 0.15) is 35.5 Å². The maximum atomic E-state index is 10.5. The van der Waals surface area contributed by atoms with Gasteiger partial charge in [0.15, 0.2) is 0 Å². The van der Waals surface area contributed by atoms with E-state index in [-0.39, 0.29) is 34.2 Å². The first-order valence-corrected chi connectivity index (χ1v) is 7.78. The zero-order valence-corrected chi connectivity index (χ0v) is 14.6. The van der Waals surface area contributed by atoms with Gasteiger partial charge in [-0.3, -0.25) is 20.2 Å². The molecule has 30 heavy (non-hydrogen) atoms. The highest BCUT2D eigenvalue weighted by Crippen LogP contribution is 2.26. The Labute approximate surface area is 164 Å². The van der Waals surface area contributed by atoms with E-state index in [9.17, 15) is 30.4 Å². The minimum absolute atomic E-state index is 0.132. The van der Waals surface area contributed by atoms with E-state index in [0.717, 1.165) is 9.36 Å². The molecule has 0 aliphatic carbocycles. The van der Waals surface area contributed by atoms with Crippen molar-refractivity contribution in [1.82, 2.24) is 40.4 Å². The molecule has 2 N–H and O–H groups in total. The lowest BCUT2D eigenvalue weighted by Crippen LogP contribution is -1.97. The molecule has 0 spiro atoms. The molecule has 0 fully saturated rings. The highest BCUT2D eigenvalue weighted by atomic mass is 16.6. The molecule has 2 heterocycles. The van der Waals surface area contributed by atoms with Crippen LogP contribution >= 0.6 is 0 Å². The Bertz CT molecular complexity index is 1080. The number of nitro groups is 2. The van der Waals surface area contributed by atoms with E-state index in [1.54, 1.807) is 0 Å². The Kier molecular flexibility index (Phi) is 5.48. The molecule has 0 amide bonds. The van der Waals surface area contributed by atoms with Gasteiger partial charge in [0, 0.05) is 24.3 Å². The van der Waals surface area contributed by atoms with Gasteiger partial charge in [-0.25, -0.2) is 0 Å². The number of rotatable bonds is 4. The van der Waals surface area contributed by atoms with Gasteiger partial charge in [-0.05, 0) is 33.0 Å². The van der Waals surface area contributed by atoms with E-state index in [1.807, 2.05) is 0 Å². The van der Waals surface area contributed by atoms with Crippen LogP contribution in [0.3, 0.4) is 0 Å². The van der Waals surface area contributed by atoms with Gasteiger partial charge in [0.2, 0.25) is 0 Å². The molecule has 0 saturated carbocycles. The van der Waals surface area contributed by atoms with Gasteiger partial charge in [0.05, 0.1) is 9.85 Å². The third kappa shape index (κ3) is 4.27. The molecule has 0 saturated heterocycles. The Morgan fingerprint density at radius 2 is 1.13 bits per heavy atom. The molecule has 2 aromatic carbocycles. The molecule has 4 rings (SSSR count). The number of benzene rings is 2. The number of tetrazole rings is 2. The van der Waals surface area contributed by atoms with E-state index in [2.05, 4.69) is 31.1 Å². The maximum Gasteiger partial charge on any atom is 0.271 e. The second-order valence-electron chi connectivity index (χ2n) is 5.37. The Hall–Kier alpha value is -5.02. The molecule has 0 unspecified atom stereocenters. The van der Waals surface area contributed by atoms with Crippen molar-refractivity contribution in [3.8, 4) is 22.9 Å². The molecule has 0 aliphatic rings. The van der Waals surface area contributed by atoms with Gasteiger partial charge in [0.25, 0.3) is 11.4 Å². The Balaban J connectivity index is 0.000000171. The van der Waals surface area contributed by atoms with Crippen molar-refractivity contribution in [2.45, 2.75) is 0 Å². The highest BCUT2D eigenvalue weighted by Gasteiger charge is 2.13. The van der Waals surface area contributed by atoms with Crippen molar-refractivity contribution in [1.29, 1.82) is 0 Å². The van der Waals surface area contributed by atoms with Crippen LogP contribution in [0.15, 0.2) is 49.1 Å². The van der Waals surface area contributed by atoms with Crippen molar-refractivity contribution in [2.24, 2.45) is 0 Å². The van der Waals surface area contributed by atoms with Crippen LogP contribution in [0.5, 0.6) is 11.5 Å². The number of hydrogen-bond acceptors (Lipinski definition) is 12. The van der Waals surface area contributed by atoms with E-state index in [4.69, 9.17) is 0 Å². The van der Waals surface area contributed by atoms with Crippen LogP contribution in [0.1, 0.15) is 0 Å². The summed E-state index contributed by atoms with van der Waals surface area (Å²) >= 11 is 0. The average molecular weight is 414 g/mol. The molecular formula is C14H10N10O6. The fourth-order valence-electron chi connectivity index (χ4n) is 2.16. The first-order chi connectivity index (χ1) is 14.4. The maximum absolute atomic E-state index is 10.5. The quantitative estimate of drug-likeness (QED) is 0.346. The highest BCUT2D eigenvalue weighted by molar-refractivity contribution is 5.52. The lowest BCUT2D eigenvalue weighted by molar-refractivity contribution is -0.385. The second-order valence-corrected chi connectivity index (χ2v) is 5.37. The summed E-state index contributed by atoms with van der Waals surface area (Å²) in [7, 11) is 0. The van der Waals surface area contributed by atoms with Crippen LogP contribution in [0.25, 0.3) is 11.4 Å². The number of aromatic nitrogens is 8. The van der Waals surface area contributed by atoms with E-state index in [0.29, 0.717) is 0 Å². The number of phenolic OH excluding ortho intramolecular Hbond substituents is 2. The molecule has 4 aromatic rings. The fourth-order valence-corrected chi connectivity index (χ4v) is 2.16. The van der Waals surface area contributed by atoms with Crippen molar-refractivity contribution in [3.63, 3.8) is 0 Å². The van der Waals surface area contributed by atoms with Crippen LogP contribution in [-0.2, 0) is 0 Å². The minimum atomic E-state index is -0.562. The number of nitrogens with zero attached hydrogens (tertiary/aromatic N) is 10. The molecular weight excluding hydrogens is 404 g/mol. The number of aromatic hydroxyl groups is 2. The first-order valence-electron chi connectivity index (χ1n) is 7.78. The minimum Gasteiger partial charge on any atom is -0.506 e. The van der Waals surface area contributed by atoms with Crippen LogP contribution in [-0.4, -0.2) is 60.5 Å². The summed E-state index contributed by atoms with van der Waals surface area (Å²) in [5.74, 6) is -0.263.